The molecular formula is C12H15Br2NO4S. The Labute approximate surface area is 135 Å². The molecule has 0 aliphatic rings. The number of nitrogens with zero attached hydrogens (tertiary/aromatic N) is 1. The lowest BCUT2D eigenvalue weighted by molar-refractivity contribution is -0.143. The molecule has 0 aliphatic heterocycles. The smallest absolute Gasteiger partial charge is 0.321 e. The Morgan fingerprint density at radius 3 is 2.50 bits per heavy atom. The Morgan fingerprint density at radius 2 is 1.95 bits per heavy atom. The summed E-state index contributed by atoms with van der Waals surface area (Å²) in [6.45, 7) is 3.44. The highest BCUT2D eigenvalue weighted by atomic mass is 79.9. The van der Waals surface area contributed by atoms with Crippen LogP contribution in [-0.2, 0) is 19.6 Å². The van der Waals surface area contributed by atoms with Crippen molar-refractivity contribution >= 4 is 47.9 Å². The fourth-order valence-electron chi connectivity index (χ4n) is 1.53. The second-order valence-corrected chi connectivity index (χ2v) is 7.49. The molecule has 0 saturated heterocycles. The minimum absolute atomic E-state index is 0.109. The molecule has 0 unspecified atom stereocenters. The molecule has 0 amide bonds. The number of hydrogen-bond donors (Lipinski definition) is 0. The highest BCUT2D eigenvalue weighted by Gasteiger charge is 2.27. The van der Waals surface area contributed by atoms with E-state index in [1.54, 1.807) is 26.0 Å². The zero-order chi connectivity index (χ0) is 15.3. The maximum Gasteiger partial charge on any atom is 0.321 e. The SMILES string of the molecule is CCOC(=O)CN(CC)S(=O)(=O)c1cc(Br)ccc1Br. The van der Waals surface area contributed by atoms with Gasteiger partial charge in [0.25, 0.3) is 0 Å². The van der Waals surface area contributed by atoms with Crippen LogP contribution in [0.4, 0.5) is 0 Å². The fourth-order valence-corrected chi connectivity index (χ4v) is 4.39. The summed E-state index contributed by atoms with van der Waals surface area (Å²) >= 11 is 6.46. The van der Waals surface area contributed by atoms with Crippen LogP contribution in [0.1, 0.15) is 13.8 Å². The van der Waals surface area contributed by atoms with Crippen molar-refractivity contribution in [2.45, 2.75) is 18.7 Å². The maximum absolute atomic E-state index is 12.5. The standard InChI is InChI=1S/C12H15Br2NO4S/c1-3-15(8-12(16)19-4-2)20(17,18)11-7-9(13)5-6-10(11)14/h5-7H,3-4,8H2,1-2H3. The quantitative estimate of drug-likeness (QED) is 0.653. The van der Waals surface area contributed by atoms with Crippen LogP contribution in [0.5, 0.6) is 0 Å². The van der Waals surface area contributed by atoms with Crippen LogP contribution >= 0.6 is 31.9 Å². The zero-order valence-corrected chi connectivity index (χ0v) is 15.1. The number of carbonyl (C=O) groups is 1. The second kappa shape index (κ2) is 7.53. The van der Waals surface area contributed by atoms with E-state index in [1.165, 1.54) is 6.07 Å². The van der Waals surface area contributed by atoms with Gasteiger partial charge in [-0.25, -0.2) is 8.42 Å². The molecule has 5 nitrogen and oxygen atoms in total. The third-order valence-electron chi connectivity index (χ3n) is 2.47. The molecule has 0 radical (unpaired) electrons. The molecule has 1 aromatic carbocycles. The second-order valence-electron chi connectivity index (χ2n) is 3.81. The van der Waals surface area contributed by atoms with Crippen molar-refractivity contribution in [3.05, 3.63) is 27.1 Å². The van der Waals surface area contributed by atoms with Crippen molar-refractivity contribution in [1.82, 2.24) is 4.31 Å². The van der Waals surface area contributed by atoms with E-state index in [0.29, 0.717) is 8.95 Å². The van der Waals surface area contributed by atoms with Crippen molar-refractivity contribution in [2.75, 3.05) is 19.7 Å². The van der Waals surface area contributed by atoms with Gasteiger partial charge in [-0.3, -0.25) is 4.79 Å². The summed E-state index contributed by atoms with van der Waals surface area (Å²) in [5.41, 5.74) is 0. The van der Waals surface area contributed by atoms with Crippen molar-refractivity contribution < 1.29 is 17.9 Å². The molecule has 0 aliphatic carbocycles. The molecule has 8 heteroatoms. The van der Waals surface area contributed by atoms with Gasteiger partial charge >= 0.3 is 5.97 Å². The molecule has 0 bridgehead atoms. The van der Waals surface area contributed by atoms with E-state index in [0.717, 1.165) is 4.31 Å². The average Bonchev–Trinajstić information content (AvgIpc) is 2.38. The van der Waals surface area contributed by atoms with E-state index in [9.17, 15) is 13.2 Å². The van der Waals surface area contributed by atoms with Gasteiger partial charge < -0.3 is 4.74 Å². The van der Waals surface area contributed by atoms with Gasteiger partial charge in [-0.2, -0.15) is 4.31 Å². The topological polar surface area (TPSA) is 63.7 Å². The molecule has 0 atom stereocenters. The van der Waals surface area contributed by atoms with Crippen molar-refractivity contribution in [3.63, 3.8) is 0 Å². The minimum atomic E-state index is -3.76. The van der Waals surface area contributed by atoms with Gasteiger partial charge in [0, 0.05) is 15.5 Å². The average molecular weight is 429 g/mol. The summed E-state index contributed by atoms with van der Waals surface area (Å²) in [6.07, 6.45) is 0. The first-order chi connectivity index (χ1) is 9.32. The lowest BCUT2D eigenvalue weighted by Gasteiger charge is -2.20. The van der Waals surface area contributed by atoms with Gasteiger partial charge in [0.2, 0.25) is 10.0 Å². The van der Waals surface area contributed by atoms with Gasteiger partial charge in [0.15, 0.2) is 0 Å². The predicted molar refractivity (Wildman–Crippen MR) is 82.9 cm³/mol. The summed E-state index contributed by atoms with van der Waals surface area (Å²) in [5.74, 6) is -0.566. The van der Waals surface area contributed by atoms with E-state index >= 15 is 0 Å². The molecule has 20 heavy (non-hydrogen) atoms. The zero-order valence-electron chi connectivity index (χ0n) is 11.1. The number of ether oxygens (including phenoxy) is 1. The Kier molecular flexibility index (Phi) is 6.63. The molecule has 0 aromatic heterocycles. The number of benzene rings is 1. The van der Waals surface area contributed by atoms with E-state index in [4.69, 9.17) is 4.74 Å². The van der Waals surface area contributed by atoms with Crippen molar-refractivity contribution in [2.24, 2.45) is 0 Å². The number of likely N-dealkylation sites (N-methyl/N-ethyl adjacent to an activating group) is 1. The van der Waals surface area contributed by atoms with Crippen LogP contribution < -0.4 is 0 Å². The van der Waals surface area contributed by atoms with Crippen LogP contribution in [0, 0.1) is 0 Å². The fraction of sp³-hybridized carbons (Fsp3) is 0.417. The van der Waals surface area contributed by atoms with E-state index < -0.39 is 16.0 Å². The van der Waals surface area contributed by atoms with Crippen LogP contribution in [-0.4, -0.2) is 38.4 Å². The summed E-state index contributed by atoms with van der Waals surface area (Å²) in [4.78, 5) is 11.6. The van der Waals surface area contributed by atoms with Gasteiger partial charge in [0.1, 0.15) is 6.54 Å². The number of carbonyl (C=O) groups excluding carboxylic acids is 1. The van der Waals surface area contributed by atoms with Crippen LogP contribution in [0.25, 0.3) is 0 Å². The molecular weight excluding hydrogens is 414 g/mol. The molecule has 0 spiro atoms. The Hall–Kier alpha value is -0.440. The molecule has 0 saturated carbocycles. The van der Waals surface area contributed by atoms with Gasteiger partial charge in [-0.05, 0) is 41.1 Å². The number of hydrogen-bond acceptors (Lipinski definition) is 4. The monoisotopic (exact) mass is 427 g/mol. The molecule has 112 valence electrons. The Balaban J connectivity index is 3.12. The minimum Gasteiger partial charge on any atom is -0.465 e. The van der Waals surface area contributed by atoms with E-state index in [1.807, 2.05) is 0 Å². The first kappa shape index (κ1) is 17.6. The molecule has 0 N–H and O–H groups in total. The largest absolute Gasteiger partial charge is 0.465 e. The van der Waals surface area contributed by atoms with Crippen LogP contribution in [0.2, 0.25) is 0 Å². The van der Waals surface area contributed by atoms with Gasteiger partial charge in [-0.1, -0.05) is 22.9 Å². The third-order valence-corrected chi connectivity index (χ3v) is 5.88. The lowest BCUT2D eigenvalue weighted by atomic mass is 10.4. The summed E-state index contributed by atoms with van der Waals surface area (Å²) in [5, 5.41) is 0. The molecule has 0 fully saturated rings. The predicted octanol–water partition coefficient (Wildman–Crippen LogP) is 2.79. The van der Waals surface area contributed by atoms with Crippen LogP contribution in [0.15, 0.2) is 32.0 Å². The third kappa shape index (κ3) is 4.28. The number of esters is 1. The Bertz CT molecular complexity index is 589. The van der Waals surface area contributed by atoms with Crippen molar-refractivity contribution in [1.29, 1.82) is 0 Å². The van der Waals surface area contributed by atoms with Crippen molar-refractivity contribution in [3.8, 4) is 0 Å². The number of sulfonamides is 1. The van der Waals surface area contributed by atoms with Gasteiger partial charge in [0.05, 0.1) is 11.5 Å². The first-order valence-corrected chi connectivity index (χ1v) is 8.96. The Morgan fingerprint density at radius 1 is 1.30 bits per heavy atom. The summed E-state index contributed by atoms with van der Waals surface area (Å²) < 4.78 is 32.1. The van der Waals surface area contributed by atoms with Crippen LogP contribution in [0.3, 0.4) is 0 Å². The highest BCUT2D eigenvalue weighted by molar-refractivity contribution is 9.11. The molecule has 1 rings (SSSR count). The summed E-state index contributed by atoms with van der Waals surface area (Å²) in [7, 11) is -3.76. The van der Waals surface area contributed by atoms with E-state index in [2.05, 4.69) is 31.9 Å². The van der Waals surface area contributed by atoms with E-state index in [-0.39, 0.29) is 24.6 Å². The summed E-state index contributed by atoms with van der Waals surface area (Å²) in [6, 6.07) is 4.85. The first-order valence-electron chi connectivity index (χ1n) is 5.93. The number of rotatable bonds is 6. The molecule has 1 aromatic rings. The normalized spacial score (nSPS) is 11.7. The number of halogens is 2. The lowest BCUT2D eigenvalue weighted by Crippen LogP contribution is -2.36. The highest BCUT2D eigenvalue weighted by Crippen LogP contribution is 2.28. The van der Waals surface area contributed by atoms with Gasteiger partial charge in [-0.15, -0.1) is 0 Å². The maximum atomic E-state index is 12.5. The molecule has 0 heterocycles.